The molecule has 5 heteroatoms. The highest BCUT2D eigenvalue weighted by Gasteiger charge is 2.17. The van der Waals surface area contributed by atoms with Crippen LogP contribution in [0.3, 0.4) is 0 Å². The third-order valence-corrected chi connectivity index (χ3v) is 3.73. The lowest BCUT2D eigenvalue weighted by molar-refractivity contribution is -0.384. The summed E-state index contributed by atoms with van der Waals surface area (Å²) in [4.78, 5) is 10.6. The third-order valence-electron chi connectivity index (χ3n) is 3.73. The first kappa shape index (κ1) is 17.1. The first-order valence-electron chi connectivity index (χ1n) is 7.82. The number of non-ortho nitro benzene ring substituents is 1. The van der Waals surface area contributed by atoms with Crippen molar-refractivity contribution in [2.75, 3.05) is 6.54 Å². The van der Waals surface area contributed by atoms with Gasteiger partial charge in [0, 0.05) is 18.7 Å². The molecule has 5 nitrogen and oxygen atoms in total. The van der Waals surface area contributed by atoms with Crippen molar-refractivity contribution in [1.82, 2.24) is 5.32 Å². The van der Waals surface area contributed by atoms with Gasteiger partial charge in [-0.3, -0.25) is 10.1 Å². The predicted molar refractivity (Wildman–Crippen MR) is 90.3 cm³/mol. The molecule has 23 heavy (non-hydrogen) atoms. The van der Waals surface area contributed by atoms with Crippen molar-refractivity contribution in [3.63, 3.8) is 0 Å². The maximum Gasteiger partial charge on any atom is 0.269 e. The Labute approximate surface area is 136 Å². The number of aliphatic hydroxyl groups excluding tert-OH is 1. The Morgan fingerprint density at radius 3 is 2.48 bits per heavy atom. The fourth-order valence-electron chi connectivity index (χ4n) is 2.58. The number of aliphatic hydroxyl groups is 1. The van der Waals surface area contributed by atoms with E-state index in [1.165, 1.54) is 6.07 Å². The summed E-state index contributed by atoms with van der Waals surface area (Å²) in [5.41, 5.74) is 1.89. The van der Waals surface area contributed by atoms with Crippen LogP contribution < -0.4 is 5.32 Å². The van der Waals surface area contributed by atoms with Crippen molar-refractivity contribution in [3.05, 3.63) is 75.8 Å². The Morgan fingerprint density at radius 1 is 1.13 bits per heavy atom. The van der Waals surface area contributed by atoms with E-state index in [1.807, 2.05) is 43.3 Å². The van der Waals surface area contributed by atoms with Crippen molar-refractivity contribution in [3.8, 4) is 0 Å². The van der Waals surface area contributed by atoms with Gasteiger partial charge in [0.25, 0.3) is 5.69 Å². The molecule has 0 amide bonds. The molecule has 0 aromatic heterocycles. The minimum atomic E-state index is -0.426. The third kappa shape index (κ3) is 4.87. The van der Waals surface area contributed by atoms with Crippen LogP contribution in [0.25, 0.3) is 0 Å². The fourth-order valence-corrected chi connectivity index (χ4v) is 2.58. The SMILES string of the molecule is CCCC(O)CNC(c1ccccc1)c1cccc([N+](=O)[O-])c1. The highest BCUT2D eigenvalue weighted by Crippen LogP contribution is 2.25. The lowest BCUT2D eigenvalue weighted by Crippen LogP contribution is -2.31. The van der Waals surface area contributed by atoms with Crippen LogP contribution >= 0.6 is 0 Å². The summed E-state index contributed by atoms with van der Waals surface area (Å²) in [7, 11) is 0. The number of hydrogen-bond donors (Lipinski definition) is 2. The Balaban J connectivity index is 2.26. The largest absolute Gasteiger partial charge is 0.392 e. The van der Waals surface area contributed by atoms with Crippen LogP contribution in [0.4, 0.5) is 5.69 Å². The molecule has 0 spiro atoms. The molecule has 0 heterocycles. The van der Waals surface area contributed by atoms with Crippen LogP contribution in [0.2, 0.25) is 0 Å². The molecule has 2 aromatic rings. The van der Waals surface area contributed by atoms with Crippen LogP contribution in [0.5, 0.6) is 0 Å². The number of nitro groups is 1. The highest BCUT2D eigenvalue weighted by molar-refractivity contribution is 5.40. The average Bonchev–Trinajstić information content (AvgIpc) is 2.56. The molecule has 122 valence electrons. The smallest absolute Gasteiger partial charge is 0.269 e. The number of rotatable bonds is 8. The lowest BCUT2D eigenvalue weighted by Gasteiger charge is -2.21. The number of nitrogens with one attached hydrogen (secondary N) is 1. The van der Waals surface area contributed by atoms with Crippen molar-refractivity contribution >= 4 is 5.69 Å². The van der Waals surface area contributed by atoms with Gasteiger partial charge in [-0.05, 0) is 17.5 Å². The summed E-state index contributed by atoms with van der Waals surface area (Å²) >= 11 is 0. The van der Waals surface area contributed by atoms with E-state index in [-0.39, 0.29) is 11.7 Å². The second kappa shape index (κ2) is 8.41. The maximum atomic E-state index is 11.0. The Bertz CT molecular complexity index is 631. The molecular formula is C18H22N2O3. The van der Waals surface area contributed by atoms with Crippen LogP contribution in [-0.2, 0) is 0 Å². The fraction of sp³-hybridized carbons (Fsp3) is 0.333. The molecule has 2 rings (SSSR count). The zero-order valence-electron chi connectivity index (χ0n) is 13.2. The summed E-state index contributed by atoms with van der Waals surface area (Å²) in [6.45, 7) is 2.47. The Kier molecular flexibility index (Phi) is 6.26. The molecule has 2 atom stereocenters. The summed E-state index contributed by atoms with van der Waals surface area (Å²) in [5.74, 6) is 0. The van der Waals surface area contributed by atoms with Crippen molar-refractivity contribution in [2.45, 2.75) is 31.9 Å². The molecule has 0 aliphatic heterocycles. The van der Waals surface area contributed by atoms with E-state index in [2.05, 4.69) is 5.32 Å². The molecular weight excluding hydrogens is 292 g/mol. The molecule has 2 N–H and O–H groups in total. The molecule has 0 aliphatic carbocycles. The second-order valence-corrected chi connectivity index (χ2v) is 5.55. The van der Waals surface area contributed by atoms with E-state index in [9.17, 15) is 15.2 Å². The van der Waals surface area contributed by atoms with E-state index in [1.54, 1.807) is 12.1 Å². The Morgan fingerprint density at radius 2 is 1.83 bits per heavy atom. The average molecular weight is 314 g/mol. The first-order valence-corrected chi connectivity index (χ1v) is 7.82. The normalized spacial score (nSPS) is 13.5. The van der Waals surface area contributed by atoms with E-state index in [0.29, 0.717) is 6.54 Å². The minimum Gasteiger partial charge on any atom is -0.392 e. The van der Waals surface area contributed by atoms with Gasteiger partial charge in [-0.2, -0.15) is 0 Å². The van der Waals surface area contributed by atoms with Crippen LogP contribution in [0.15, 0.2) is 54.6 Å². The summed E-state index contributed by atoms with van der Waals surface area (Å²) in [6.07, 6.45) is 1.21. The molecule has 0 radical (unpaired) electrons. The number of benzene rings is 2. The quantitative estimate of drug-likeness (QED) is 0.578. The standard InChI is InChI=1S/C18H22N2O3/c1-2-7-17(21)13-19-18(14-8-4-3-5-9-14)15-10-6-11-16(12-15)20(22)23/h3-6,8-12,17-19,21H,2,7,13H2,1H3. The van der Waals surface area contributed by atoms with Gasteiger partial charge in [0.1, 0.15) is 0 Å². The van der Waals surface area contributed by atoms with Gasteiger partial charge in [0.15, 0.2) is 0 Å². The van der Waals surface area contributed by atoms with Crippen LogP contribution in [-0.4, -0.2) is 22.7 Å². The van der Waals surface area contributed by atoms with Crippen LogP contribution in [0, 0.1) is 10.1 Å². The van der Waals surface area contributed by atoms with Gasteiger partial charge in [0.2, 0.25) is 0 Å². The molecule has 2 unspecified atom stereocenters. The van der Waals surface area contributed by atoms with Crippen molar-refractivity contribution < 1.29 is 10.0 Å². The van der Waals surface area contributed by atoms with Gasteiger partial charge in [-0.15, -0.1) is 0 Å². The maximum absolute atomic E-state index is 11.0. The number of nitrogens with zero attached hydrogens (tertiary/aromatic N) is 1. The highest BCUT2D eigenvalue weighted by atomic mass is 16.6. The summed E-state index contributed by atoms with van der Waals surface area (Å²) in [6, 6.07) is 16.2. The van der Waals surface area contributed by atoms with E-state index < -0.39 is 11.0 Å². The zero-order chi connectivity index (χ0) is 16.7. The topological polar surface area (TPSA) is 75.4 Å². The minimum absolute atomic E-state index is 0.0688. The second-order valence-electron chi connectivity index (χ2n) is 5.55. The van der Waals surface area contributed by atoms with Crippen molar-refractivity contribution in [1.29, 1.82) is 0 Å². The van der Waals surface area contributed by atoms with Gasteiger partial charge >= 0.3 is 0 Å². The lowest BCUT2D eigenvalue weighted by atomic mass is 9.98. The summed E-state index contributed by atoms with van der Waals surface area (Å²) in [5, 5.41) is 24.3. The first-order chi connectivity index (χ1) is 11.1. The molecule has 0 saturated carbocycles. The van der Waals surface area contributed by atoms with Gasteiger partial charge in [-0.25, -0.2) is 0 Å². The van der Waals surface area contributed by atoms with E-state index >= 15 is 0 Å². The monoisotopic (exact) mass is 314 g/mol. The number of nitro benzene ring substituents is 1. The van der Waals surface area contributed by atoms with Gasteiger partial charge in [-0.1, -0.05) is 55.8 Å². The van der Waals surface area contributed by atoms with Gasteiger partial charge in [0.05, 0.1) is 17.1 Å². The molecule has 0 aliphatic rings. The predicted octanol–water partition coefficient (Wildman–Crippen LogP) is 3.43. The van der Waals surface area contributed by atoms with Crippen molar-refractivity contribution in [2.24, 2.45) is 0 Å². The zero-order valence-corrected chi connectivity index (χ0v) is 13.2. The molecule has 2 aromatic carbocycles. The van der Waals surface area contributed by atoms with Gasteiger partial charge < -0.3 is 10.4 Å². The molecule has 0 fully saturated rings. The van der Waals surface area contributed by atoms with Crippen LogP contribution in [0.1, 0.15) is 36.9 Å². The number of hydrogen-bond acceptors (Lipinski definition) is 4. The Hall–Kier alpha value is -2.24. The van der Waals surface area contributed by atoms with E-state index in [0.717, 1.165) is 24.0 Å². The van der Waals surface area contributed by atoms with E-state index in [4.69, 9.17) is 0 Å². The molecule has 0 saturated heterocycles. The summed E-state index contributed by atoms with van der Waals surface area (Å²) < 4.78 is 0. The molecule has 0 bridgehead atoms.